The summed E-state index contributed by atoms with van der Waals surface area (Å²) in [5.74, 6) is 1.26. The summed E-state index contributed by atoms with van der Waals surface area (Å²) in [4.78, 5) is 0. The van der Waals surface area contributed by atoms with Gasteiger partial charge in [0.25, 0.3) is 0 Å². The molecule has 1 rings (SSSR count). The molecule has 1 aromatic carbocycles. The number of rotatable bonds is 6. The maximum Gasteiger partial charge on any atom is 0.120 e. The first-order valence-corrected chi connectivity index (χ1v) is 5.43. The van der Waals surface area contributed by atoms with Gasteiger partial charge in [-0.3, -0.25) is 0 Å². The first-order chi connectivity index (χ1) is 7.72. The Balaban J connectivity index is 2.24. The number of nitrogens with zero attached hydrogens (tertiary/aromatic N) is 1. The minimum absolute atomic E-state index is 0.515. The van der Waals surface area contributed by atoms with Crippen molar-refractivity contribution in [2.75, 3.05) is 19.8 Å². The fourth-order valence-corrected chi connectivity index (χ4v) is 1.19. The molecule has 3 nitrogen and oxygen atoms in total. The van der Waals surface area contributed by atoms with Crippen molar-refractivity contribution in [1.82, 2.24) is 0 Å². The molecule has 3 heteroatoms. The molecule has 0 saturated heterocycles. The summed E-state index contributed by atoms with van der Waals surface area (Å²) in [6.45, 7) is 6.06. The Kier molecular flexibility index (Phi) is 5.38. The molecule has 0 N–H and O–H groups in total. The Morgan fingerprint density at radius 3 is 2.81 bits per heavy atom. The smallest absolute Gasteiger partial charge is 0.120 e. The maximum atomic E-state index is 8.70. The van der Waals surface area contributed by atoms with Crippen LogP contribution in [0.4, 0.5) is 0 Å². The van der Waals surface area contributed by atoms with Crippen molar-refractivity contribution in [3.63, 3.8) is 0 Å². The molecular weight excluding hydrogens is 202 g/mol. The SMILES string of the molecule is CC(C)COCCOc1cccc(C#N)c1. The summed E-state index contributed by atoms with van der Waals surface area (Å²) < 4.78 is 10.8. The van der Waals surface area contributed by atoms with Gasteiger partial charge in [0, 0.05) is 6.61 Å². The van der Waals surface area contributed by atoms with Crippen LogP contribution in [0.25, 0.3) is 0 Å². The van der Waals surface area contributed by atoms with Gasteiger partial charge in [-0.2, -0.15) is 5.26 Å². The van der Waals surface area contributed by atoms with E-state index in [9.17, 15) is 0 Å². The van der Waals surface area contributed by atoms with E-state index in [1.807, 2.05) is 12.1 Å². The van der Waals surface area contributed by atoms with Crippen molar-refractivity contribution < 1.29 is 9.47 Å². The van der Waals surface area contributed by atoms with Gasteiger partial charge in [0.2, 0.25) is 0 Å². The van der Waals surface area contributed by atoms with Gasteiger partial charge in [-0.25, -0.2) is 0 Å². The molecule has 0 atom stereocenters. The predicted molar refractivity (Wildman–Crippen MR) is 62.3 cm³/mol. The lowest BCUT2D eigenvalue weighted by atomic mass is 10.2. The minimum Gasteiger partial charge on any atom is -0.491 e. The summed E-state index contributed by atoms with van der Waals surface area (Å²) in [5, 5.41) is 8.70. The highest BCUT2D eigenvalue weighted by Gasteiger charge is 1.97. The normalized spacial score (nSPS) is 10.1. The van der Waals surface area contributed by atoms with Gasteiger partial charge in [-0.1, -0.05) is 19.9 Å². The zero-order valence-electron chi connectivity index (χ0n) is 9.77. The summed E-state index contributed by atoms with van der Waals surface area (Å²) in [7, 11) is 0. The summed E-state index contributed by atoms with van der Waals surface area (Å²) in [5.41, 5.74) is 0.612. The quantitative estimate of drug-likeness (QED) is 0.691. The zero-order chi connectivity index (χ0) is 11.8. The fourth-order valence-electron chi connectivity index (χ4n) is 1.19. The van der Waals surface area contributed by atoms with E-state index in [0.29, 0.717) is 30.4 Å². The van der Waals surface area contributed by atoms with Gasteiger partial charge in [0.15, 0.2) is 0 Å². The standard InChI is InChI=1S/C13H17NO2/c1-11(2)10-15-6-7-16-13-5-3-4-12(8-13)9-14/h3-5,8,11H,6-7,10H2,1-2H3. The molecule has 0 bridgehead atoms. The molecule has 0 aliphatic rings. The van der Waals surface area contributed by atoms with Crippen molar-refractivity contribution in [3.8, 4) is 11.8 Å². The molecule has 0 aromatic heterocycles. The van der Waals surface area contributed by atoms with Crippen LogP contribution in [0.2, 0.25) is 0 Å². The molecule has 0 unspecified atom stereocenters. The molecule has 0 aliphatic carbocycles. The second kappa shape index (κ2) is 6.86. The van der Waals surface area contributed by atoms with Crippen molar-refractivity contribution in [2.45, 2.75) is 13.8 Å². The lowest BCUT2D eigenvalue weighted by Crippen LogP contribution is -2.10. The Morgan fingerprint density at radius 2 is 2.12 bits per heavy atom. The number of ether oxygens (including phenoxy) is 2. The van der Waals surface area contributed by atoms with Crippen LogP contribution in [0, 0.1) is 17.2 Å². The third kappa shape index (κ3) is 4.81. The van der Waals surface area contributed by atoms with Crippen LogP contribution in [-0.2, 0) is 4.74 Å². The second-order valence-corrected chi connectivity index (χ2v) is 3.96. The first kappa shape index (κ1) is 12.5. The Bertz CT molecular complexity index is 355. The average Bonchev–Trinajstić information content (AvgIpc) is 2.28. The lowest BCUT2D eigenvalue weighted by Gasteiger charge is -2.08. The van der Waals surface area contributed by atoms with Crippen molar-refractivity contribution in [1.29, 1.82) is 5.26 Å². The minimum atomic E-state index is 0.515. The van der Waals surface area contributed by atoms with Crippen LogP contribution in [0.5, 0.6) is 5.75 Å². The third-order valence-corrected chi connectivity index (χ3v) is 1.91. The van der Waals surface area contributed by atoms with E-state index in [-0.39, 0.29) is 0 Å². The fraction of sp³-hybridized carbons (Fsp3) is 0.462. The number of hydrogen-bond acceptors (Lipinski definition) is 3. The van der Waals surface area contributed by atoms with Crippen LogP contribution in [0.3, 0.4) is 0 Å². The topological polar surface area (TPSA) is 42.2 Å². The van der Waals surface area contributed by atoms with E-state index >= 15 is 0 Å². The van der Waals surface area contributed by atoms with Crippen molar-refractivity contribution in [3.05, 3.63) is 29.8 Å². The molecule has 16 heavy (non-hydrogen) atoms. The van der Waals surface area contributed by atoms with Gasteiger partial charge >= 0.3 is 0 Å². The summed E-state index contributed by atoms with van der Waals surface area (Å²) in [6.07, 6.45) is 0. The van der Waals surface area contributed by atoms with E-state index in [1.165, 1.54) is 0 Å². The molecule has 0 heterocycles. The zero-order valence-corrected chi connectivity index (χ0v) is 9.77. The third-order valence-electron chi connectivity index (χ3n) is 1.91. The maximum absolute atomic E-state index is 8.70. The van der Waals surface area contributed by atoms with Crippen LogP contribution in [-0.4, -0.2) is 19.8 Å². The molecule has 0 amide bonds. The first-order valence-electron chi connectivity index (χ1n) is 5.43. The molecule has 0 radical (unpaired) electrons. The molecule has 0 spiro atoms. The van der Waals surface area contributed by atoms with Crippen molar-refractivity contribution >= 4 is 0 Å². The van der Waals surface area contributed by atoms with Crippen molar-refractivity contribution in [2.24, 2.45) is 5.92 Å². The number of hydrogen-bond donors (Lipinski definition) is 0. The average molecular weight is 219 g/mol. The lowest BCUT2D eigenvalue weighted by molar-refractivity contribution is 0.0819. The van der Waals surface area contributed by atoms with Gasteiger partial charge in [0.05, 0.1) is 18.2 Å². The molecule has 0 fully saturated rings. The molecule has 1 aromatic rings. The Labute approximate surface area is 96.6 Å². The monoisotopic (exact) mass is 219 g/mol. The molecule has 86 valence electrons. The molecule has 0 aliphatic heterocycles. The van der Waals surface area contributed by atoms with E-state index < -0.39 is 0 Å². The van der Waals surface area contributed by atoms with E-state index in [4.69, 9.17) is 14.7 Å². The highest BCUT2D eigenvalue weighted by atomic mass is 16.5. The molecular formula is C13H17NO2. The largest absolute Gasteiger partial charge is 0.491 e. The van der Waals surface area contributed by atoms with Gasteiger partial charge in [0.1, 0.15) is 12.4 Å². The number of benzene rings is 1. The predicted octanol–water partition coefficient (Wildman–Crippen LogP) is 2.61. The second-order valence-electron chi connectivity index (χ2n) is 3.96. The number of nitriles is 1. The highest BCUT2D eigenvalue weighted by Crippen LogP contribution is 2.12. The van der Waals surface area contributed by atoms with Gasteiger partial charge in [-0.05, 0) is 24.1 Å². The van der Waals surface area contributed by atoms with Crippen LogP contribution in [0.15, 0.2) is 24.3 Å². The molecule has 0 saturated carbocycles. The van der Waals surface area contributed by atoms with E-state index in [1.54, 1.807) is 12.1 Å². The van der Waals surface area contributed by atoms with Crippen LogP contribution < -0.4 is 4.74 Å². The van der Waals surface area contributed by atoms with Crippen LogP contribution in [0.1, 0.15) is 19.4 Å². The Morgan fingerprint density at radius 1 is 1.31 bits per heavy atom. The summed E-state index contributed by atoms with van der Waals surface area (Å²) in [6, 6.07) is 9.19. The van der Waals surface area contributed by atoms with E-state index in [0.717, 1.165) is 6.61 Å². The van der Waals surface area contributed by atoms with Gasteiger partial charge in [-0.15, -0.1) is 0 Å². The highest BCUT2D eigenvalue weighted by molar-refractivity contribution is 5.36. The summed E-state index contributed by atoms with van der Waals surface area (Å²) >= 11 is 0. The van der Waals surface area contributed by atoms with E-state index in [2.05, 4.69) is 19.9 Å². The van der Waals surface area contributed by atoms with Gasteiger partial charge < -0.3 is 9.47 Å². The van der Waals surface area contributed by atoms with Crippen LogP contribution >= 0.6 is 0 Å². The Hall–Kier alpha value is -1.53.